The van der Waals surface area contributed by atoms with Gasteiger partial charge in [-0.1, -0.05) is 6.07 Å². The maximum absolute atomic E-state index is 12.0. The molecule has 0 saturated heterocycles. The van der Waals surface area contributed by atoms with Gasteiger partial charge in [-0.3, -0.25) is 10.1 Å². The van der Waals surface area contributed by atoms with Crippen LogP contribution in [0.25, 0.3) is 0 Å². The van der Waals surface area contributed by atoms with E-state index in [1.165, 1.54) is 19.1 Å². The van der Waals surface area contributed by atoms with Crippen molar-refractivity contribution in [3.8, 4) is 0 Å². The lowest BCUT2D eigenvalue weighted by Crippen LogP contribution is -2.04. The van der Waals surface area contributed by atoms with Gasteiger partial charge in [0.1, 0.15) is 0 Å². The largest absolute Gasteiger partial charge is 0.463 e. The number of aryl methyl sites for hydroxylation is 1. The number of nitro benzene ring substituents is 1. The quantitative estimate of drug-likeness (QED) is 0.355. The summed E-state index contributed by atoms with van der Waals surface area (Å²) in [7, 11) is -3.95. The summed E-state index contributed by atoms with van der Waals surface area (Å²) < 4.78 is 28.6. The molecule has 8 heteroatoms. The van der Waals surface area contributed by atoms with Crippen molar-refractivity contribution in [3.63, 3.8) is 0 Å². The molecule has 0 fully saturated rings. The first-order chi connectivity index (χ1) is 9.27. The average Bonchev–Trinajstić information content (AvgIpc) is 2.37. The predicted molar refractivity (Wildman–Crippen MR) is 70.8 cm³/mol. The molecule has 0 amide bonds. The van der Waals surface area contributed by atoms with Crippen LogP contribution in [-0.2, 0) is 19.4 Å². The predicted octanol–water partition coefficient (Wildman–Crippen LogP) is 1.75. The van der Waals surface area contributed by atoms with Crippen LogP contribution in [0.15, 0.2) is 34.6 Å². The SMILES string of the molecule is CCOC(=O)C=CS(=O)(=O)c1cc([N+](=O)[O-])ccc1C. The van der Waals surface area contributed by atoms with Crippen molar-refractivity contribution >= 4 is 21.5 Å². The molecule has 0 unspecified atom stereocenters. The number of hydrogen-bond acceptors (Lipinski definition) is 6. The molecule has 0 spiro atoms. The Morgan fingerprint density at radius 2 is 2.10 bits per heavy atom. The van der Waals surface area contributed by atoms with Crippen LogP contribution in [0.2, 0.25) is 0 Å². The Balaban J connectivity index is 3.18. The third-order valence-corrected chi connectivity index (χ3v) is 3.91. The topological polar surface area (TPSA) is 104 Å². The summed E-state index contributed by atoms with van der Waals surface area (Å²) in [6.45, 7) is 3.22. The summed E-state index contributed by atoms with van der Waals surface area (Å²) >= 11 is 0. The van der Waals surface area contributed by atoms with Gasteiger partial charge < -0.3 is 4.74 Å². The highest BCUT2D eigenvalue weighted by molar-refractivity contribution is 7.94. The summed E-state index contributed by atoms with van der Waals surface area (Å²) in [4.78, 5) is 20.9. The first-order valence-electron chi connectivity index (χ1n) is 5.63. The molecule has 1 rings (SSSR count). The molecule has 0 N–H and O–H groups in total. The Labute approximate surface area is 115 Å². The van der Waals surface area contributed by atoms with Crippen LogP contribution in [0.1, 0.15) is 12.5 Å². The molecule has 0 heterocycles. The van der Waals surface area contributed by atoms with Crippen LogP contribution in [0, 0.1) is 17.0 Å². The van der Waals surface area contributed by atoms with Gasteiger partial charge in [0.2, 0.25) is 9.84 Å². The van der Waals surface area contributed by atoms with Crippen LogP contribution in [0.5, 0.6) is 0 Å². The van der Waals surface area contributed by atoms with Crippen molar-refractivity contribution in [2.24, 2.45) is 0 Å². The first kappa shape index (κ1) is 15.8. The number of rotatable bonds is 5. The molecule has 0 aliphatic rings. The molecule has 0 radical (unpaired) electrons. The van der Waals surface area contributed by atoms with E-state index < -0.39 is 20.7 Å². The van der Waals surface area contributed by atoms with E-state index in [1.54, 1.807) is 6.92 Å². The van der Waals surface area contributed by atoms with Gasteiger partial charge in [0.15, 0.2) is 0 Å². The Morgan fingerprint density at radius 1 is 1.45 bits per heavy atom. The smallest absolute Gasteiger partial charge is 0.331 e. The van der Waals surface area contributed by atoms with Crippen LogP contribution in [0.4, 0.5) is 5.69 Å². The number of nitrogens with zero attached hydrogens (tertiary/aromatic N) is 1. The summed E-state index contributed by atoms with van der Waals surface area (Å²) in [5.74, 6) is -0.792. The number of carbonyl (C=O) groups excluding carboxylic acids is 1. The Bertz CT molecular complexity index is 663. The van der Waals surface area contributed by atoms with Crippen LogP contribution in [0.3, 0.4) is 0 Å². The van der Waals surface area contributed by atoms with Gasteiger partial charge in [0.05, 0.1) is 16.4 Å². The van der Waals surface area contributed by atoms with E-state index in [4.69, 9.17) is 0 Å². The fourth-order valence-electron chi connectivity index (χ4n) is 1.42. The minimum atomic E-state index is -3.95. The average molecular weight is 299 g/mol. The maximum atomic E-state index is 12.0. The van der Waals surface area contributed by atoms with Gasteiger partial charge in [-0.2, -0.15) is 0 Å². The molecule has 1 aromatic rings. The van der Waals surface area contributed by atoms with E-state index in [2.05, 4.69) is 4.74 Å². The molecule has 7 nitrogen and oxygen atoms in total. The molecule has 0 aliphatic carbocycles. The van der Waals surface area contributed by atoms with Gasteiger partial charge >= 0.3 is 5.97 Å². The van der Waals surface area contributed by atoms with Crippen molar-refractivity contribution in [1.82, 2.24) is 0 Å². The number of carbonyl (C=O) groups is 1. The second kappa shape index (κ2) is 6.29. The van der Waals surface area contributed by atoms with E-state index in [0.29, 0.717) is 11.0 Å². The van der Waals surface area contributed by atoms with Crippen LogP contribution in [-0.4, -0.2) is 25.9 Å². The lowest BCUT2D eigenvalue weighted by atomic mass is 10.2. The fourth-order valence-corrected chi connectivity index (χ4v) is 2.66. The van der Waals surface area contributed by atoms with Crippen molar-refractivity contribution in [1.29, 1.82) is 0 Å². The third kappa shape index (κ3) is 3.89. The number of benzene rings is 1. The van der Waals surface area contributed by atoms with Gasteiger partial charge in [-0.15, -0.1) is 0 Å². The van der Waals surface area contributed by atoms with E-state index in [9.17, 15) is 23.3 Å². The van der Waals surface area contributed by atoms with Gasteiger partial charge in [0.25, 0.3) is 5.69 Å². The number of esters is 1. The molecule has 1 aromatic carbocycles. The molecule has 0 bridgehead atoms. The minimum Gasteiger partial charge on any atom is -0.463 e. The molecule has 0 saturated carbocycles. The summed E-state index contributed by atoms with van der Waals surface area (Å²) in [5, 5.41) is 11.3. The lowest BCUT2D eigenvalue weighted by molar-refractivity contribution is -0.385. The maximum Gasteiger partial charge on any atom is 0.331 e. The fraction of sp³-hybridized carbons (Fsp3) is 0.250. The number of hydrogen-bond donors (Lipinski definition) is 0. The second-order valence-electron chi connectivity index (χ2n) is 3.81. The lowest BCUT2D eigenvalue weighted by Gasteiger charge is -2.03. The highest BCUT2D eigenvalue weighted by Gasteiger charge is 2.18. The highest BCUT2D eigenvalue weighted by Crippen LogP contribution is 2.23. The summed E-state index contributed by atoms with van der Waals surface area (Å²) in [5.41, 5.74) is 0.0165. The Kier molecular flexibility index (Phi) is 4.98. The first-order valence-corrected chi connectivity index (χ1v) is 7.17. The third-order valence-electron chi connectivity index (χ3n) is 2.36. The standard InChI is InChI=1S/C12H13NO6S/c1-3-19-12(14)6-7-20(17,18)11-8-10(13(15)16)5-4-9(11)2/h4-8H,3H2,1-2H3. The number of nitro groups is 1. The van der Waals surface area contributed by atoms with Crippen molar-refractivity contribution < 1.29 is 22.9 Å². The Hall–Kier alpha value is -2.22. The van der Waals surface area contributed by atoms with E-state index in [0.717, 1.165) is 12.1 Å². The van der Waals surface area contributed by atoms with Gasteiger partial charge in [0, 0.05) is 23.6 Å². The zero-order valence-electron chi connectivity index (χ0n) is 10.9. The zero-order valence-corrected chi connectivity index (χ0v) is 11.7. The molecule has 0 aromatic heterocycles. The molecular weight excluding hydrogens is 286 g/mol. The normalized spacial score (nSPS) is 11.5. The Morgan fingerprint density at radius 3 is 2.65 bits per heavy atom. The number of ether oxygens (including phenoxy) is 1. The minimum absolute atomic E-state index is 0.124. The van der Waals surface area contributed by atoms with Crippen LogP contribution < -0.4 is 0 Å². The van der Waals surface area contributed by atoms with E-state index in [-0.39, 0.29) is 17.2 Å². The summed E-state index contributed by atoms with van der Waals surface area (Å²) in [6, 6.07) is 3.51. The highest BCUT2D eigenvalue weighted by atomic mass is 32.2. The molecule has 108 valence electrons. The second-order valence-corrected chi connectivity index (χ2v) is 5.61. The number of non-ortho nitro benzene ring substituents is 1. The van der Waals surface area contributed by atoms with Gasteiger partial charge in [-0.25, -0.2) is 13.2 Å². The van der Waals surface area contributed by atoms with E-state index >= 15 is 0 Å². The molecule has 20 heavy (non-hydrogen) atoms. The number of sulfone groups is 1. The summed E-state index contributed by atoms with van der Waals surface area (Å²) in [6.07, 6.45) is 0.775. The molecule has 0 atom stereocenters. The van der Waals surface area contributed by atoms with Crippen molar-refractivity contribution in [2.45, 2.75) is 18.7 Å². The van der Waals surface area contributed by atoms with Crippen molar-refractivity contribution in [3.05, 3.63) is 45.4 Å². The monoisotopic (exact) mass is 299 g/mol. The van der Waals surface area contributed by atoms with Crippen molar-refractivity contribution in [2.75, 3.05) is 6.61 Å². The zero-order chi connectivity index (χ0) is 15.3. The molecule has 0 aliphatic heterocycles. The van der Waals surface area contributed by atoms with Gasteiger partial charge in [-0.05, 0) is 19.4 Å². The van der Waals surface area contributed by atoms with Crippen LogP contribution >= 0.6 is 0 Å². The van der Waals surface area contributed by atoms with E-state index in [1.807, 2.05) is 0 Å². The molecular formula is C12H13NO6S.